The van der Waals surface area contributed by atoms with Crippen LogP contribution in [0.4, 0.5) is 0 Å². The molecule has 1 saturated heterocycles. The number of aliphatic hydroxyl groups excluding tert-OH is 1. The minimum Gasteiger partial charge on any atom is -0.395 e. The number of hydrogen-bond donors (Lipinski definition) is 1. The maximum atomic E-state index is 8.77. The van der Waals surface area contributed by atoms with Crippen LogP contribution in [0, 0.1) is 11.8 Å². The summed E-state index contributed by atoms with van der Waals surface area (Å²) in [4.78, 5) is 3.77. The number of thiophene rings is 1. The molecular formula is C15H21NO2S. The van der Waals surface area contributed by atoms with Crippen molar-refractivity contribution < 1.29 is 9.84 Å². The van der Waals surface area contributed by atoms with E-state index in [9.17, 15) is 0 Å². The number of aliphatic hydroxyl groups is 1. The van der Waals surface area contributed by atoms with E-state index in [0.717, 1.165) is 25.3 Å². The quantitative estimate of drug-likeness (QED) is 0.860. The monoisotopic (exact) mass is 279 g/mol. The van der Waals surface area contributed by atoms with Crippen molar-refractivity contribution >= 4 is 11.3 Å². The van der Waals surface area contributed by atoms with Crippen LogP contribution in [-0.4, -0.2) is 41.9 Å². The molecule has 2 rings (SSSR count). The molecule has 1 fully saturated rings. The maximum Gasteiger partial charge on any atom is 0.0674 e. The van der Waals surface area contributed by atoms with Crippen LogP contribution < -0.4 is 0 Å². The molecule has 2 atom stereocenters. The number of hydrogen-bond acceptors (Lipinski definition) is 4. The Labute approximate surface area is 119 Å². The van der Waals surface area contributed by atoms with Crippen molar-refractivity contribution in [3.05, 3.63) is 21.9 Å². The van der Waals surface area contributed by atoms with Gasteiger partial charge in [0.15, 0.2) is 0 Å². The molecule has 1 aromatic rings. The summed E-state index contributed by atoms with van der Waals surface area (Å²) in [5.41, 5.74) is 1.10. The van der Waals surface area contributed by atoms with Crippen LogP contribution >= 0.6 is 11.3 Å². The first-order valence-electron chi connectivity index (χ1n) is 6.72. The molecule has 0 spiro atoms. The van der Waals surface area contributed by atoms with Crippen LogP contribution in [0.25, 0.3) is 0 Å². The third-order valence-electron chi connectivity index (χ3n) is 3.29. The molecular weight excluding hydrogens is 258 g/mol. The van der Waals surface area contributed by atoms with E-state index in [1.54, 1.807) is 11.3 Å². The molecule has 0 amide bonds. The highest BCUT2D eigenvalue weighted by Gasteiger charge is 2.24. The zero-order valence-electron chi connectivity index (χ0n) is 11.6. The van der Waals surface area contributed by atoms with Gasteiger partial charge in [0.2, 0.25) is 0 Å². The molecule has 0 saturated carbocycles. The molecule has 1 aromatic heterocycles. The van der Waals surface area contributed by atoms with E-state index in [2.05, 4.69) is 42.0 Å². The lowest BCUT2D eigenvalue weighted by Gasteiger charge is -2.36. The van der Waals surface area contributed by atoms with Gasteiger partial charge < -0.3 is 9.84 Å². The van der Waals surface area contributed by atoms with Crippen LogP contribution in [0.2, 0.25) is 0 Å². The lowest BCUT2D eigenvalue weighted by atomic mass is 10.1. The highest BCUT2D eigenvalue weighted by molar-refractivity contribution is 7.10. The fraction of sp³-hybridized carbons (Fsp3) is 0.600. The van der Waals surface area contributed by atoms with Crippen molar-refractivity contribution in [1.82, 2.24) is 4.90 Å². The zero-order chi connectivity index (χ0) is 13.7. The Morgan fingerprint density at radius 1 is 1.53 bits per heavy atom. The third-order valence-corrected chi connectivity index (χ3v) is 4.19. The molecule has 2 unspecified atom stereocenters. The van der Waals surface area contributed by atoms with E-state index in [1.165, 1.54) is 4.88 Å². The minimum absolute atomic E-state index is 0.129. The fourth-order valence-electron chi connectivity index (χ4n) is 2.16. The number of morpholine rings is 1. The van der Waals surface area contributed by atoms with Gasteiger partial charge in [-0.25, -0.2) is 0 Å². The summed E-state index contributed by atoms with van der Waals surface area (Å²) in [7, 11) is 0. The molecule has 1 N–H and O–H groups in total. The summed E-state index contributed by atoms with van der Waals surface area (Å²) in [6.45, 7) is 7.17. The van der Waals surface area contributed by atoms with Crippen LogP contribution in [0.15, 0.2) is 11.4 Å². The van der Waals surface area contributed by atoms with Gasteiger partial charge in [-0.1, -0.05) is 11.8 Å². The van der Waals surface area contributed by atoms with Gasteiger partial charge in [0.25, 0.3) is 0 Å². The highest BCUT2D eigenvalue weighted by atomic mass is 32.1. The Morgan fingerprint density at radius 2 is 2.37 bits per heavy atom. The Balaban J connectivity index is 2.03. The van der Waals surface area contributed by atoms with Crippen LogP contribution in [0.3, 0.4) is 0 Å². The molecule has 0 radical (unpaired) electrons. The van der Waals surface area contributed by atoms with Gasteiger partial charge in [-0.3, -0.25) is 4.90 Å². The van der Waals surface area contributed by atoms with Gasteiger partial charge in [0.05, 0.1) is 19.3 Å². The minimum atomic E-state index is 0.129. The first kappa shape index (κ1) is 14.5. The van der Waals surface area contributed by atoms with Crippen molar-refractivity contribution in [3.63, 3.8) is 0 Å². The normalized spacial score (nSPS) is 23.9. The van der Waals surface area contributed by atoms with Gasteiger partial charge in [0, 0.05) is 36.0 Å². The summed E-state index contributed by atoms with van der Waals surface area (Å²) >= 11 is 1.76. The largest absolute Gasteiger partial charge is 0.395 e. The molecule has 0 bridgehead atoms. The second-order valence-corrected chi connectivity index (χ2v) is 5.96. The molecule has 4 heteroatoms. The Kier molecular flexibility index (Phi) is 5.41. The third kappa shape index (κ3) is 4.05. The van der Waals surface area contributed by atoms with Gasteiger partial charge in [-0.2, -0.15) is 0 Å². The summed E-state index contributed by atoms with van der Waals surface area (Å²) < 4.78 is 5.66. The van der Waals surface area contributed by atoms with E-state index < -0.39 is 0 Å². The molecule has 2 heterocycles. The lowest BCUT2D eigenvalue weighted by Crippen LogP contribution is -2.46. The zero-order valence-corrected chi connectivity index (χ0v) is 12.4. The molecule has 19 heavy (non-hydrogen) atoms. The second-order valence-electron chi connectivity index (χ2n) is 4.96. The van der Waals surface area contributed by atoms with E-state index in [1.807, 2.05) is 0 Å². The summed E-state index contributed by atoms with van der Waals surface area (Å²) in [6, 6.07) is 2.52. The predicted molar refractivity (Wildman–Crippen MR) is 78.2 cm³/mol. The lowest BCUT2D eigenvalue weighted by molar-refractivity contribution is -0.0523. The van der Waals surface area contributed by atoms with Crippen LogP contribution in [0.1, 0.15) is 30.7 Å². The summed E-state index contributed by atoms with van der Waals surface area (Å²) in [6.07, 6.45) is 0.848. The van der Waals surface area contributed by atoms with Crippen molar-refractivity contribution in [3.8, 4) is 11.8 Å². The summed E-state index contributed by atoms with van der Waals surface area (Å²) in [5, 5.41) is 10.9. The molecule has 1 aliphatic rings. The first-order valence-corrected chi connectivity index (χ1v) is 7.60. The average Bonchev–Trinajstić information content (AvgIpc) is 2.82. The van der Waals surface area contributed by atoms with E-state index in [0.29, 0.717) is 18.6 Å². The van der Waals surface area contributed by atoms with Crippen LogP contribution in [-0.2, 0) is 11.3 Å². The van der Waals surface area contributed by atoms with Crippen molar-refractivity contribution in [2.75, 3.05) is 19.8 Å². The first-order chi connectivity index (χ1) is 9.20. The van der Waals surface area contributed by atoms with Crippen LogP contribution in [0.5, 0.6) is 0 Å². The Morgan fingerprint density at radius 3 is 3.16 bits per heavy atom. The topological polar surface area (TPSA) is 32.7 Å². The molecule has 3 nitrogen and oxygen atoms in total. The Hall–Kier alpha value is -0.860. The van der Waals surface area contributed by atoms with Gasteiger partial charge in [-0.05, 0) is 25.3 Å². The average molecular weight is 279 g/mol. The van der Waals surface area contributed by atoms with Crippen molar-refractivity contribution in [2.45, 2.75) is 39.0 Å². The predicted octanol–water partition coefficient (Wildman–Crippen LogP) is 2.09. The number of nitrogens with zero attached hydrogens (tertiary/aromatic N) is 1. The summed E-state index contributed by atoms with van der Waals surface area (Å²) in [5.74, 6) is 6.15. The standard InChI is InChI=1S/C15H21NO2S/c1-12-11-18-13(2)9-16(12)10-15-14(6-8-19-15)5-3-4-7-17/h6,8,12-13,17H,4,7,9-11H2,1-2H3. The Bertz CT molecular complexity index is 460. The van der Waals surface area contributed by atoms with E-state index in [4.69, 9.17) is 9.84 Å². The van der Waals surface area contributed by atoms with Gasteiger partial charge in [-0.15, -0.1) is 11.3 Å². The van der Waals surface area contributed by atoms with Crippen molar-refractivity contribution in [1.29, 1.82) is 0 Å². The second kappa shape index (κ2) is 7.06. The number of rotatable bonds is 3. The van der Waals surface area contributed by atoms with E-state index in [-0.39, 0.29) is 6.61 Å². The SMILES string of the molecule is CC1CN(Cc2sccc2C#CCCO)C(C)CO1. The molecule has 1 aliphatic heterocycles. The maximum absolute atomic E-state index is 8.77. The number of ether oxygens (including phenoxy) is 1. The van der Waals surface area contributed by atoms with Gasteiger partial charge in [0.1, 0.15) is 0 Å². The fourth-order valence-corrected chi connectivity index (χ4v) is 3.02. The van der Waals surface area contributed by atoms with Gasteiger partial charge >= 0.3 is 0 Å². The molecule has 104 valence electrons. The van der Waals surface area contributed by atoms with Crippen molar-refractivity contribution in [2.24, 2.45) is 0 Å². The molecule has 0 aromatic carbocycles. The molecule has 0 aliphatic carbocycles. The highest BCUT2D eigenvalue weighted by Crippen LogP contribution is 2.21. The smallest absolute Gasteiger partial charge is 0.0674 e. The van der Waals surface area contributed by atoms with E-state index >= 15 is 0 Å².